The summed E-state index contributed by atoms with van der Waals surface area (Å²) in [5, 5.41) is 18.9. The Kier molecular flexibility index (Phi) is 2.24. The molecule has 0 aliphatic heterocycles. The number of rotatable bonds is 1. The maximum atomic E-state index is 12.9. The topological polar surface area (TPSA) is 66.9 Å². The Labute approximate surface area is 73.4 Å². The molecule has 0 fully saturated rings. The van der Waals surface area contributed by atoms with Gasteiger partial charge in [0.05, 0.1) is 4.92 Å². The third kappa shape index (κ3) is 1.47. The molecule has 0 amide bonds. The molecule has 66 valence electrons. The number of aryl methyl sites for hydroxylation is 1. The molecule has 0 unspecified atom stereocenters. The lowest BCUT2D eigenvalue weighted by molar-refractivity contribution is -0.385. The van der Waals surface area contributed by atoms with Crippen molar-refractivity contribution in [2.75, 3.05) is 0 Å². The molecule has 0 N–H and O–H groups in total. The molecule has 0 saturated carbocycles. The number of hydrogen-bond donors (Lipinski definition) is 0. The highest BCUT2D eigenvalue weighted by atomic mass is 19.1. The SMILES string of the molecule is Cc1ccc(F)c(C#N)c1[N+](=O)[O-]. The Bertz CT molecular complexity index is 409. The van der Waals surface area contributed by atoms with Gasteiger partial charge in [-0.25, -0.2) is 4.39 Å². The first-order valence-electron chi connectivity index (χ1n) is 3.41. The predicted octanol–water partition coefficient (Wildman–Crippen LogP) is 1.91. The van der Waals surface area contributed by atoms with E-state index >= 15 is 0 Å². The third-order valence-corrected chi connectivity index (χ3v) is 1.62. The molecule has 13 heavy (non-hydrogen) atoms. The van der Waals surface area contributed by atoms with Crippen molar-refractivity contribution in [3.8, 4) is 6.07 Å². The Morgan fingerprint density at radius 3 is 2.62 bits per heavy atom. The van der Waals surface area contributed by atoms with E-state index in [2.05, 4.69) is 0 Å². The zero-order valence-electron chi connectivity index (χ0n) is 6.74. The van der Waals surface area contributed by atoms with Crippen molar-refractivity contribution in [2.45, 2.75) is 6.92 Å². The second-order valence-electron chi connectivity index (χ2n) is 2.46. The van der Waals surface area contributed by atoms with Crippen LogP contribution in [0.2, 0.25) is 0 Å². The molecule has 0 radical (unpaired) electrons. The molecule has 5 heteroatoms. The molecule has 0 spiro atoms. The molecule has 0 aromatic heterocycles. The van der Waals surface area contributed by atoms with E-state index in [0.717, 1.165) is 6.07 Å². The fourth-order valence-electron chi connectivity index (χ4n) is 1.01. The Morgan fingerprint density at radius 2 is 2.23 bits per heavy atom. The Hall–Kier alpha value is -1.96. The number of hydrogen-bond acceptors (Lipinski definition) is 3. The molecule has 0 heterocycles. The van der Waals surface area contributed by atoms with E-state index < -0.39 is 22.0 Å². The highest BCUT2D eigenvalue weighted by Gasteiger charge is 2.20. The van der Waals surface area contributed by atoms with E-state index in [9.17, 15) is 14.5 Å². The second kappa shape index (κ2) is 3.19. The summed E-state index contributed by atoms with van der Waals surface area (Å²) in [5.41, 5.74) is -0.685. The first-order valence-corrected chi connectivity index (χ1v) is 3.41. The van der Waals surface area contributed by atoms with Gasteiger partial charge in [-0.2, -0.15) is 5.26 Å². The zero-order valence-corrected chi connectivity index (χ0v) is 6.74. The van der Waals surface area contributed by atoms with Crippen molar-refractivity contribution in [2.24, 2.45) is 0 Å². The summed E-state index contributed by atoms with van der Waals surface area (Å²) in [4.78, 5) is 9.69. The van der Waals surface area contributed by atoms with Crippen molar-refractivity contribution in [3.63, 3.8) is 0 Å². The second-order valence-corrected chi connectivity index (χ2v) is 2.46. The molecule has 0 saturated heterocycles. The van der Waals surface area contributed by atoms with Crippen molar-refractivity contribution in [1.82, 2.24) is 0 Å². The van der Waals surface area contributed by atoms with Crippen LogP contribution in [0.3, 0.4) is 0 Å². The molecule has 1 aromatic carbocycles. The minimum absolute atomic E-state index is 0.281. The Balaban J connectivity index is 3.55. The summed E-state index contributed by atoms with van der Waals surface area (Å²) >= 11 is 0. The number of nitro groups is 1. The van der Waals surface area contributed by atoms with Gasteiger partial charge in [-0.3, -0.25) is 10.1 Å². The van der Waals surface area contributed by atoms with Crippen LogP contribution in [0.1, 0.15) is 11.1 Å². The maximum Gasteiger partial charge on any atom is 0.292 e. The van der Waals surface area contributed by atoms with E-state index in [1.54, 1.807) is 0 Å². The summed E-state index contributed by atoms with van der Waals surface area (Å²) in [6.45, 7) is 1.46. The van der Waals surface area contributed by atoms with E-state index in [1.165, 1.54) is 19.1 Å². The van der Waals surface area contributed by atoms with Crippen LogP contribution in [-0.4, -0.2) is 4.92 Å². The largest absolute Gasteiger partial charge is 0.292 e. The van der Waals surface area contributed by atoms with Crippen LogP contribution in [0.25, 0.3) is 0 Å². The molecular weight excluding hydrogens is 175 g/mol. The van der Waals surface area contributed by atoms with Crippen LogP contribution < -0.4 is 0 Å². The summed E-state index contributed by atoms with van der Waals surface area (Å²) in [6.07, 6.45) is 0. The Morgan fingerprint density at radius 1 is 1.62 bits per heavy atom. The van der Waals surface area contributed by atoms with Crippen LogP contribution in [0, 0.1) is 34.2 Å². The minimum atomic E-state index is -0.861. The van der Waals surface area contributed by atoms with Gasteiger partial charge in [0.2, 0.25) is 0 Å². The maximum absolute atomic E-state index is 12.9. The number of nitrogens with zero attached hydrogens (tertiary/aromatic N) is 2. The lowest BCUT2D eigenvalue weighted by atomic mass is 10.1. The summed E-state index contributed by atoms with van der Waals surface area (Å²) in [5.74, 6) is -0.861. The normalized spacial score (nSPS) is 9.31. The van der Waals surface area contributed by atoms with Crippen LogP contribution in [0.15, 0.2) is 12.1 Å². The first kappa shape index (κ1) is 9.13. The van der Waals surface area contributed by atoms with Crippen LogP contribution in [0.5, 0.6) is 0 Å². The molecule has 1 aromatic rings. The molecule has 4 nitrogen and oxygen atoms in total. The number of benzene rings is 1. The third-order valence-electron chi connectivity index (χ3n) is 1.62. The van der Waals surface area contributed by atoms with E-state index in [1.807, 2.05) is 0 Å². The van der Waals surface area contributed by atoms with E-state index in [-0.39, 0.29) is 5.56 Å². The minimum Gasteiger partial charge on any atom is -0.258 e. The number of nitriles is 1. The summed E-state index contributed by atoms with van der Waals surface area (Å²) in [7, 11) is 0. The summed E-state index contributed by atoms with van der Waals surface area (Å²) < 4.78 is 12.9. The van der Waals surface area contributed by atoms with Gasteiger partial charge in [0.25, 0.3) is 5.69 Å². The average molecular weight is 180 g/mol. The van der Waals surface area contributed by atoms with Crippen LogP contribution in [-0.2, 0) is 0 Å². The van der Waals surface area contributed by atoms with Gasteiger partial charge in [0.1, 0.15) is 11.9 Å². The molecule has 1 rings (SSSR count). The smallest absolute Gasteiger partial charge is 0.258 e. The molecule has 0 aliphatic carbocycles. The van der Waals surface area contributed by atoms with Gasteiger partial charge in [-0.15, -0.1) is 0 Å². The fourth-order valence-corrected chi connectivity index (χ4v) is 1.01. The van der Waals surface area contributed by atoms with Gasteiger partial charge in [-0.1, -0.05) is 0 Å². The van der Waals surface area contributed by atoms with Crippen molar-refractivity contribution >= 4 is 5.69 Å². The highest BCUT2D eigenvalue weighted by Crippen LogP contribution is 2.24. The molecular formula is C8H5FN2O2. The van der Waals surface area contributed by atoms with Crippen LogP contribution >= 0.6 is 0 Å². The highest BCUT2D eigenvalue weighted by molar-refractivity contribution is 5.54. The monoisotopic (exact) mass is 180 g/mol. The van der Waals surface area contributed by atoms with Gasteiger partial charge in [0.15, 0.2) is 5.56 Å². The number of nitro benzene ring substituents is 1. The fraction of sp³-hybridized carbons (Fsp3) is 0.125. The first-order chi connectivity index (χ1) is 6.07. The van der Waals surface area contributed by atoms with Crippen LogP contribution in [0.4, 0.5) is 10.1 Å². The summed E-state index contributed by atoms with van der Waals surface area (Å²) in [6, 6.07) is 3.78. The van der Waals surface area contributed by atoms with Crippen molar-refractivity contribution in [1.29, 1.82) is 5.26 Å². The van der Waals surface area contributed by atoms with Crippen molar-refractivity contribution in [3.05, 3.63) is 39.2 Å². The van der Waals surface area contributed by atoms with Crippen molar-refractivity contribution < 1.29 is 9.31 Å². The van der Waals surface area contributed by atoms with E-state index in [0.29, 0.717) is 0 Å². The quantitative estimate of drug-likeness (QED) is 0.489. The lowest BCUT2D eigenvalue weighted by Crippen LogP contribution is -1.97. The zero-order chi connectivity index (χ0) is 10.0. The standard InChI is InChI=1S/C8H5FN2O2/c1-5-2-3-7(9)6(4-10)8(5)11(12)13/h2-3H,1H3. The van der Waals surface area contributed by atoms with Gasteiger partial charge in [0, 0.05) is 5.56 Å². The van der Waals surface area contributed by atoms with Gasteiger partial charge < -0.3 is 0 Å². The lowest BCUT2D eigenvalue weighted by Gasteiger charge is -1.98. The molecule has 0 aliphatic rings. The molecule has 0 atom stereocenters. The van der Waals surface area contributed by atoms with Gasteiger partial charge in [-0.05, 0) is 19.1 Å². The molecule has 0 bridgehead atoms. The average Bonchev–Trinajstić information content (AvgIpc) is 2.07. The predicted molar refractivity (Wildman–Crippen MR) is 42.5 cm³/mol. The van der Waals surface area contributed by atoms with E-state index in [4.69, 9.17) is 5.26 Å². The van der Waals surface area contributed by atoms with Gasteiger partial charge >= 0.3 is 0 Å². The number of halogens is 1.